The molecular formula is C20H21N5O2. The number of rotatable bonds is 4. The maximum atomic E-state index is 12.3. The van der Waals surface area contributed by atoms with Gasteiger partial charge in [-0.1, -0.05) is 36.4 Å². The van der Waals surface area contributed by atoms with Crippen molar-refractivity contribution in [3.63, 3.8) is 0 Å². The Labute approximate surface area is 156 Å². The topological polar surface area (TPSA) is 88.1 Å². The van der Waals surface area contributed by atoms with E-state index in [0.717, 1.165) is 29.3 Å². The molecule has 1 fully saturated rings. The summed E-state index contributed by atoms with van der Waals surface area (Å²) >= 11 is 0. The second-order valence-corrected chi connectivity index (χ2v) is 6.83. The Morgan fingerprint density at radius 3 is 2.67 bits per heavy atom. The van der Waals surface area contributed by atoms with Crippen LogP contribution in [0, 0.1) is 0 Å². The Balaban J connectivity index is 1.37. The van der Waals surface area contributed by atoms with E-state index in [4.69, 9.17) is 0 Å². The zero-order chi connectivity index (χ0) is 18.8. The van der Waals surface area contributed by atoms with Crippen molar-refractivity contribution in [3.8, 4) is 0 Å². The van der Waals surface area contributed by atoms with Gasteiger partial charge in [-0.3, -0.25) is 10.1 Å². The van der Waals surface area contributed by atoms with Gasteiger partial charge >= 0.3 is 6.03 Å². The van der Waals surface area contributed by atoms with Gasteiger partial charge in [-0.25, -0.2) is 9.78 Å². The highest BCUT2D eigenvalue weighted by Gasteiger charge is 2.30. The van der Waals surface area contributed by atoms with Crippen LogP contribution in [0.2, 0.25) is 0 Å². The monoisotopic (exact) mass is 363 g/mol. The van der Waals surface area contributed by atoms with E-state index in [0.29, 0.717) is 11.9 Å². The zero-order valence-electron chi connectivity index (χ0n) is 15.0. The van der Waals surface area contributed by atoms with Crippen LogP contribution in [0.5, 0.6) is 0 Å². The summed E-state index contributed by atoms with van der Waals surface area (Å²) in [6, 6.07) is 13.9. The Hall–Kier alpha value is -3.35. The maximum Gasteiger partial charge on any atom is 0.324 e. The summed E-state index contributed by atoms with van der Waals surface area (Å²) in [6.07, 6.45) is 5.27. The van der Waals surface area contributed by atoms with Crippen molar-refractivity contribution in [2.75, 3.05) is 10.6 Å². The predicted octanol–water partition coefficient (Wildman–Crippen LogP) is 3.52. The molecule has 1 aliphatic rings. The molecule has 0 unspecified atom stereocenters. The summed E-state index contributed by atoms with van der Waals surface area (Å²) in [5.74, 6) is 0.493. The van der Waals surface area contributed by atoms with Crippen LogP contribution >= 0.6 is 0 Å². The Kier molecular flexibility index (Phi) is 4.50. The van der Waals surface area contributed by atoms with E-state index in [9.17, 15) is 9.59 Å². The largest absolute Gasteiger partial charge is 0.353 e. The molecular weight excluding hydrogens is 342 g/mol. The van der Waals surface area contributed by atoms with Crippen molar-refractivity contribution >= 4 is 34.2 Å². The molecule has 7 nitrogen and oxygen atoms in total. The zero-order valence-corrected chi connectivity index (χ0v) is 15.0. The van der Waals surface area contributed by atoms with E-state index in [2.05, 4.69) is 20.9 Å². The highest BCUT2D eigenvalue weighted by Crippen LogP contribution is 2.32. The molecule has 1 saturated carbocycles. The average Bonchev–Trinajstić information content (AvgIpc) is 3.05. The molecule has 1 aromatic heterocycles. The number of imidazole rings is 1. The molecule has 0 radical (unpaired) electrons. The molecule has 2 aromatic carbocycles. The minimum atomic E-state index is -0.332. The number of nitrogens with one attached hydrogen (secondary N) is 3. The normalized spacial score (nSPS) is 18.6. The Bertz CT molecular complexity index is 985. The molecule has 3 aromatic rings. The fourth-order valence-electron chi connectivity index (χ4n) is 3.44. The fourth-order valence-corrected chi connectivity index (χ4v) is 3.44. The van der Waals surface area contributed by atoms with Crippen molar-refractivity contribution in [1.29, 1.82) is 0 Å². The number of carbonyl (C=O) groups excluding carboxylic acids is 2. The minimum absolute atomic E-state index is 0.00320. The quantitative estimate of drug-likeness (QED) is 0.663. The lowest BCUT2D eigenvalue weighted by Crippen LogP contribution is -2.43. The van der Waals surface area contributed by atoms with Crippen molar-refractivity contribution in [2.45, 2.75) is 31.8 Å². The van der Waals surface area contributed by atoms with E-state index < -0.39 is 0 Å². The number of hydrogen-bond acceptors (Lipinski definition) is 3. The molecule has 7 heteroatoms. The summed E-state index contributed by atoms with van der Waals surface area (Å²) < 4.78 is 1.98. The van der Waals surface area contributed by atoms with Crippen LogP contribution in [0.3, 0.4) is 0 Å². The van der Waals surface area contributed by atoms with Gasteiger partial charge in [-0.05, 0) is 24.3 Å². The molecule has 1 heterocycles. The number of nitrogens with zero attached hydrogens (tertiary/aromatic N) is 2. The summed E-state index contributed by atoms with van der Waals surface area (Å²) in [5.41, 5.74) is 0.752. The number of anilines is 2. The van der Waals surface area contributed by atoms with E-state index in [1.807, 2.05) is 53.2 Å². The molecule has 27 heavy (non-hydrogen) atoms. The Morgan fingerprint density at radius 2 is 1.85 bits per heavy atom. The highest BCUT2D eigenvalue weighted by molar-refractivity contribution is 6.05. The Morgan fingerprint density at radius 1 is 1.07 bits per heavy atom. The molecule has 0 spiro atoms. The predicted molar refractivity (Wildman–Crippen MR) is 105 cm³/mol. The van der Waals surface area contributed by atoms with Crippen molar-refractivity contribution in [3.05, 3.63) is 55.0 Å². The molecule has 0 aliphatic heterocycles. The maximum absolute atomic E-state index is 12.3. The first-order chi connectivity index (χ1) is 13.1. The first kappa shape index (κ1) is 17.1. The van der Waals surface area contributed by atoms with Gasteiger partial charge in [0.05, 0.1) is 12.0 Å². The van der Waals surface area contributed by atoms with Crippen LogP contribution in [0.4, 0.5) is 16.3 Å². The second-order valence-electron chi connectivity index (χ2n) is 6.83. The number of carbonyl (C=O) groups is 2. The van der Waals surface area contributed by atoms with Gasteiger partial charge in [0, 0.05) is 30.6 Å². The number of amides is 3. The molecule has 0 bridgehead atoms. The number of hydrogen-bond donors (Lipinski definition) is 3. The number of urea groups is 1. The summed E-state index contributed by atoms with van der Waals surface area (Å²) in [6.45, 7) is 1.53. The molecule has 0 atom stereocenters. The average molecular weight is 363 g/mol. The summed E-state index contributed by atoms with van der Waals surface area (Å²) in [5, 5.41) is 10.6. The molecule has 1 aliphatic carbocycles. The lowest BCUT2D eigenvalue weighted by atomic mass is 9.86. The SMILES string of the molecule is CC(=O)NC1CC(n2cnc(NC(=O)Nc3cccc4ccccc34)c2)C1. The lowest BCUT2D eigenvalue weighted by Gasteiger charge is -2.36. The highest BCUT2D eigenvalue weighted by atomic mass is 16.2. The second kappa shape index (κ2) is 7.11. The van der Waals surface area contributed by atoms with Gasteiger partial charge in [0.25, 0.3) is 0 Å². The fraction of sp³-hybridized carbons (Fsp3) is 0.250. The van der Waals surface area contributed by atoms with Crippen molar-refractivity contribution in [2.24, 2.45) is 0 Å². The van der Waals surface area contributed by atoms with E-state index in [-0.39, 0.29) is 18.0 Å². The van der Waals surface area contributed by atoms with Gasteiger partial charge in [0.15, 0.2) is 5.82 Å². The molecule has 0 saturated heterocycles. The summed E-state index contributed by atoms with van der Waals surface area (Å²) in [4.78, 5) is 27.7. The molecule has 3 amide bonds. The van der Waals surface area contributed by atoms with Crippen LogP contribution in [0.15, 0.2) is 55.0 Å². The first-order valence-electron chi connectivity index (χ1n) is 8.95. The minimum Gasteiger partial charge on any atom is -0.353 e. The van der Waals surface area contributed by atoms with Gasteiger partial charge in [-0.2, -0.15) is 0 Å². The van der Waals surface area contributed by atoms with E-state index in [1.54, 1.807) is 6.33 Å². The van der Waals surface area contributed by atoms with Crippen molar-refractivity contribution in [1.82, 2.24) is 14.9 Å². The number of benzene rings is 2. The summed E-state index contributed by atoms with van der Waals surface area (Å²) in [7, 11) is 0. The van der Waals surface area contributed by atoms with Crippen LogP contribution in [-0.2, 0) is 4.79 Å². The van der Waals surface area contributed by atoms with Crippen LogP contribution in [-0.4, -0.2) is 27.5 Å². The number of fused-ring (bicyclic) bond motifs is 1. The molecule has 138 valence electrons. The van der Waals surface area contributed by atoms with Gasteiger partial charge in [-0.15, -0.1) is 0 Å². The van der Waals surface area contributed by atoms with E-state index in [1.165, 1.54) is 6.92 Å². The first-order valence-corrected chi connectivity index (χ1v) is 8.95. The third-order valence-electron chi connectivity index (χ3n) is 4.82. The van der Waals surface area contributed by atoms with Crippen LogP contribution in [0.1, 0.15) is 25.8 Å². The smallest absolute Gasteiger partial charge is 0.324 e. The van der Waals surface area contributed by atoms with Crippen LogP contribution in [0.25, 0.3) is 10.8 Å². The molecule has 4 rings (SSSR count). The van der Waals surface area contributed by atoms with Crippen molar-refractivity contribution < 1.29 is 9.59 Å². The van der Waals surface area contributed by atoms with Gasteiger partial charge in [0.2, 0.25) is 5.91 Å². The lowest BCUT2D eigenvalue weighted by molar-refractivity contribution is -0.120. The van der Waals surface area contributed by atoms with Crippen LogP contribution < -0.4 is 16.0 Å². The molecule has 3 N–H and O–H groups in total. The standard InChI is InChI=1S/C20H21N5O2/c1-13(26)22-15-9-16(10-15)25-11-19(21-12-25)24-20(27)23-18-8-4-6-14-5-2-3-7-17(14)18/h2-8,11-12,15-16H,9-10H2,1H3,(H,22,26)(H2,23,24,27). The van der Waals surface area contributed by atoms with E-state index >= 15 is 0 Å². The van der Waals surface area contributed by atoms with Gasteiger partial charge in [0.1, 0.15) is 0 Å². The van der Waals surface area contributed by atoms with Gasteiger partial charge < -0.3 is 15.2 Å². The number of aromatic nitrogens is 2. The third kappa shape index (κ3) is 3.76. The third-order valence-corrected chi connectivity index (χ3v) is 4.82.